The number of hydrogen-bond acceptors (Lipinski definition) is 0. The number of benzene rings is 1. The number of hydrogen-bond donors (Lipinski definition) is 0. The Morgan fingerprint density at radius 2 is 1.57 bits per heavy atom. The summed E-state index contributed by atoms with van der Waals surface area (Å²) in [7, 11) is 0. The van der Waals surface area contributed by atoms with Crippen molar-refractivity contribution in [2.45, 2.75) is 64.2 Å². The number of fused-ring (bicyclic) bond motifs is 1. The van der Waals surface area contributed by atoms with Crippen molar-refractivity contribution < 1.29 is 8.78 Å². The van der Waals surface area contributed by atoms with Crippen LogP contribution in [0.3, 0.4) is 0 Å². The Kier molecular flexibility index (Phi) is 4.61. The van der Waals surface area contributed by atoms with Crippen LogP contribution < -0.4 is 0 Å². The second-order valence-electron chi connectivity index (χ2n) is 7.20. The smallest absolute Gasteiger partial charge is 0.126 e. The predicted octanol–water partition coefficient (Wildman–Crippen LogP) is 6.06. The van der Waals surface area contributed by atoms with Crippen LogP contribution in [0.25, 0.3) is 0 Å². The summed E-state index contributed by atoms with van der Waals surface area (Å²) in [6.45, 7) is 2.28. The molecule has 3 rings (SSSR count). The molecule has 1 aromatic rings. The van der Waals surface area contributed by atoms with Crippen LogP contribution in [0.5, 0.6) is 0 Å². The maximum atomic E-state index is 13.4. The van der Waals surface area contributed by atoms with E-state index < -0.39 is 11.6 Å². The van der Waals surface area contributed by atoms with E-state index >= 15 is 0 Å². The second-order valence-corrected chi connectivity index (χ2v) is 7.20. The van der Waals surface area contributed by atoms with Crippen LogP contribution in [-0.4, -0.2) is 0 Å². The first-order valence-corrected chi connectivity index (χ1v) is 8.61. The molecule has 1 aromatic carbocycles. The molecule has 0 heterocycles. The normalized spacial score (nSPS) is 32.7. The molecule has 0 saturated heterocycles. The number of halogens is 2. The lowest BCUT2D eigenvalue weighted by atomic mass is 9.63. The molecule has 0 N–H and O–H groups in total. The predicted molar refractivity (Wildman–Crippen MR) is 82.2 cm³/mol. The average Bonchev–Trinajstić information content (AvgIpc) is 2.46. The van der Waals surface area contributed by atoms with Gasteiger partial charge in [0.15, 0.2) is 0 Å². The van der Waals surface area contributed by atoms with Crippen molar-refractivity contribution in [1.82, 2.24) is 0 Å². The van der Waals surface area contributed by atoms with Gasteiger partial charge in [0.1, 0.15) is 11.6 Å². The van der Waals surface area contributed by atoms with Gasteiger partial charge in [-0.25, -0.2) is 8.78 Å². The molecule has 2 heteroatoms. The summed E-state index contributed by atoms with van der Waals surface area (Å²) in [5.41, 5.74) is 0.877. The van der Waals surface area contributed by atoms with Crippen molar-refractivity contribution in [2.24, 2.45) is 17.8 Å². The van der Waals surface area contributed by atoms with Crippen molar-refractivity contribution in [3.63, 3.8) is 0 Å². The van der Waals surface area contributed by atoms with Crippen molar-refractivity contribution >= 4 is 0 Å². The van der Waals surface area contributed by atoms with Gasteiger partial charge in [-0.2, -0.15) is 0 Å². The number of rotatable bonds is 3. The zero-order chi connectivity index (χ0) is 14.8. The Labute approximate surface area is 126 Å². The van der Waals surface area contributed by atoms with E-state index in [2.05, 4.69) is 6.92 Å². The molecule has 1 unspecified atom stereocenters. The quantitative estimate of drug-likeness (QED) is 0.634. The van der Waals surface area contributed by atoms with E-state index in [0.29, 0.717) is 5.92 Å². The molecule has 2 aliphatic carbocycles. The molecule has 0 amide bonds. The standard InChI is InChI=1S/C19H26F2/c1-2-3-13-4-5-15-9-16(7-6-14(15)8-13)17-10-18(20)12-19(21)11-17/h10-16H,2-9H2,1H3/t13?,14-,15-,16-/m1/s1. The minimum Gasteiger partial charge on any atom is -0.207 e. The molecular weight excluding hydrogens is 266 g/mol. The van der Waals surface area contributed by atoms with Crippen LogP contribution in [0.4, 0.5) is 8.78 Å². The van der Waals surface area contributed by atoms with Crippen molar-refractivity contribution in [3.8, 4) is 0 Å². The zero-order valence-electron chi connectivity index (χ0n) is 13.0. The highest BCUT2D eigenvalue weighted by atomic mass is 19.1. The second kappa shape index (κ2) is 6.46. The minimum absolute atomic E-state index is 0.360. The Morgan fingerprint density at radius 3 is 2.29 bits per heavy atom. The molecule has 4 atom stereocenters. The highest BCUT2D eigenvalue weighted by Gasteiger charge is 2.35. The van der Waals surface area contributed by atoms with Gasteiger partial charge in [0, 0.05) is 6.07 Å². The summed E-state index contributed by atoms with van der Waals surface area (Å²) in [4.78, 5) is 0. The van der Waals surface area contributed by atoms with Crippen LogP contribution in [0.2, 0.25) is 0 Å². The van der Waals surface area contributed by atoms with Gasteiger partial charge in [0.25, 0.3) is 0 Å². The van der Waals surface area contributed by atoms with Crippen molar-refractivity contribution in [1.29, 1.82) is 0 Å². The molecule has 0 aromatic heterocycles. The van der Waals surface area contributed by atoms with Crippen molar-refractivity contribution in [2.75, 3.05) is 0 Å². The Balaban J connectivity index is 1.65. The topological polar surface area (TPSA) is 0 Å². The summed E-state index contributed by atoms with van der Waals surface area (Å²) < 4.78 is 26.8. The summed E-state index contributed by atoms with van der Waals surface area (Å²) in [5, 5.41) is 0. The van der Waals surface area contributed by atoms with E-state index in [4.69, 9.17) is 0 Å². The van der Waals surface area contributed by atoms with E-state index in [1.807, 2.05) is 0 Å². The molecule has 21 heavy (non-hydrogen) atoms. The molecule has 0 bridgehead atoms. The maximum absolute atomic E-state index is 13.4. The van der Waals surface area contributed by atoms with E-state index in [1.165, 1.54) is 50.7 Å². The Morgan fingerprint density at radius 1 is 0.905 bits per heavy atom. The van der Waals surface area contributed by atoms with Crippen LogP contribution in [0.1, 0.15) is 69.8 Å². The lowest BCUT2D eigenvalue weighted by Gasteiger charge is -2.42. The van der Waals surface area contributed by atoms with Crippen molar-refractivity contribution in [3.05, 3.63) is 35.4 Å². The summed E-state index contributed by atoms with van der Waals surface area (Å²) in [6, 6.07) is 4.05. The summed E-state index contributed by atoms with van der Waals surface area (Å²) in [6.07, 6.45) is 10.2. The molecule has 116 valence electrons. The first kappa shape index (κ1) is 15.0. The van der Waals surface area contributed by atoms with E-state index in [0.717, 1.165) is 42.2 Å². The Hall–Kier alpha value is -0.920. The molecular formula is C19H26F2. The van der Waals surface area contributed by atoms with Crippen LogP contribution >= 0.6 is 0 Å². The molecule has 2 fully saturated rings. The molecule has 0 spiro atoms. The molecule has 0 radical (unpaired) electrons. The zero-order valence-corrected chi connectivity index (χ0v) is 13.0. The third-order valence-electron chi connectivity index (χ3n) is 5.77. The van der Waals surface area contributed by atoms with Gasteiger partial charge < -0.3 is 0 Å². The molecule has 0 aliphatic heterocycles. The van der Waals surface area contributed by atoms with Crippen LogP contribution in [0, 0.1) is 29.4 Å². The molecule has 0 nitrogen and oxygen atoms in total. The van der Waals surface area contributed by atoms with Gasteiger partial charge in [-0.15, -0.1) is 0 Å². The summed E-state index contributed by atoms with van der Waals surface area (Å²) >= 11 is 0. The summed E-state index contributed by atoms with van der Waals surface area (Å²) in [5.74, 6) is 2.07. The van der Waals surface area contributed by atoms with Gasteiger partial charge in [-0.05, 0) is 73.5 Å². The van der Waals surface area contributed by atoms with E-state index in [9.17, 15) is 8.78 Å². The monoisotopic (exact) mass is 292 g/mol. The largest absolute Gasteiger partial charge is 0.207 e. The fourth-order valence-electron chi connectivity index (χ4n) is 4.77. The molecule has 2 aliphatic rings. The molecule has 2 saturated carbocycles. The van der Waals surface area contributed by atoms with Gasteiger partial charge in [0.05, 0.1) is 0 Å². The lowest BCUT2D eigenvalue weighted by Crippen LogP contribution is -2.30. The lowest BCUT2D eigenvalue weighted by molar-refractivity contribution is 0.114. The fraction of sp³-hybridized carbons (Fsp3) is 0.684. The first-order valence-electron chi connectivity index (χ1n) is 8.61. The maximum Gasteiger partial charge on any atom is 0.126 e. The Bertz CT molecular complexity index is 462. The van der Waals surface area contributed by atoms with Gasteiger partial charge in [0.2, 0.25) is 0 Å². The van der Waals surface area contributed by atoms with Gasteiger partial charge in [-0.3, -0.25) is 0 Å². The third-order valence-corrected chi connectivity index (χ3v) is 5.77. The van der Waals surface area contributed by atoms with E-state index in [-0.39, 0.29) is 0 Å². The highest BCUT2D eigenvalue weighted by molar-refractivity contribution is 5.22. The van der Waals surface area contributed by atoms with E-state index in [1.54, 1.807) is 0 Å². The fourth-order valence-corrected chi connectivity index (χ4v) is 4.77. The minimum atomic E-state index is -0.432. The van der Waals surface area contributed by atoms with Crippen LogP contribution in [-0.2, 0) is 0 Å². The van der Waals surface area contributed by atoms with Crippen LogP contribution in [0.15, 0.2) is 18.2 Å². The highest BCUT2D eigenvalue weighted by Crippen LogP contribution is 2.48. The van der Waals surface area contributed by atoms with Gasteiger partial charge >= 0.3 is 0 Å². The SMILES string of the molecule is CCCC1CC[C@@H]2C[C@H](c3cc(F)cc(F)c3)CC[C@@H]2C1. The van der Waals surface area contributed by atoms with Gasteiger partial charge in [-0.1, -0.05) is 26.2 Å². The first-order chi connectivity index (χ1) is 10.2. The third kappa shape index (κ3) is 3.46. The average molecular weight is 292 g/mol.